The summed E-state index contributed by atoms with van der Waals surface area (Å²) in [6.45, 7) is 4.71. The number of hydrogen-bond donors (Lipinski definition) is 3. The molecule has 1 amide bonds. The number of hydrogen-bond acceptors (Lipinski definition) is 4. The Bertz CT molecular complexity index is 300. The number of alkyl carbamates (subject to hydrolysis) is 1. The Kier molecular flexibility index (Phi) is 2.89. The van der Waals surface area contributed by atoms with Crippen LogP contribution in [-0.2, 0) is 4.74 Å². The highest BCUT2D eigenvalue weighted by atomic mass is 19.3. The summed E-state index contributed by atoms with van der Waals surface area (Å²) in [5.41, 5.74) is -3.15. The first-order valence-corrected chi connectivity index (χ1v) is 4.75. The van der Waals surface area contributed by atoms with Crippen LogP contribution in [0.3, 0.4) is 0 Å². The Morgan fingerprint density at radius 1 is 1.44 bits per heavy atom. The van der Waals surface area contributed by atoms with Crippen LogP contribution in [0.15, 0.2) is 0 Å². The summed E-state index contributed by atoms with van der Waals surface area (Å²) in [5, 5.41) is 19.5. The first kappa shape index (κ1) is 13.1. The van der Waals surface area contributed by atoms with Gasteiger partial charge in [-0.2, -0.15) is 0 Å². The van der Waals surface area contributed by atoms with Crippen LogP contribution in [0.4, 0.5) is 13.6 Å². The van der Waals surface area contributed by atoms with E-state index in [2.05, 4.69) is 0 Å². The summed E-state index contributed by atoms with van der Waals surface area (Å²) in [6.07, 6.45) is -4.23. The first-order valence-electron chi connectivity index (χ1n) is 4.75. The van der Waals surface area contributed by atoms with E-state index in [0.717, 1.165) is 0 Å². The van der Waals surface area contributed by atoms with Crippen LogP contribution in [0, 0.1) is 0 Å². The molecule has 0 radical (unpaired) electrons. The molecule has 0 aliphatic heterocycles. The van der Waals surface area contributed by atoms with Gasteiger partial charge < -0.3 is 20.3 Å². The summed E-state index contributed by atoms with van der Waals surface area (Å²) in [7, 11) is 0. The van der Waals surface area contributed by atoms with Gasteiger partial charge in [0, 0.05) is 6.42 Å². The van der Waals surface area contributed by atoms with Crippen LogP contribution in [0.5, 0.6) is 0 Å². The molecule has 0 saturated heterocycles. The van der Waals surface area contributed by atoms with E-state index in [0.29, 0.717) is 0 Å². The van der Waals surface area contributed by atoms with Gasteiger partial charge in [-0.15, -0.1) is 0 Å². The number of carbonyl (C=O) groups excluding carboxylic acids is 1. The molecule has 1 aliphatic carbocycles. The van der Waals surface area contributed by atoms with Gasteiger partial charge in [0.25, 0.3) is 5.92 Å². The molecule has 16 heavy (non-hydrogen) atoms. The third-order valence-electron chi connectivity index (χ3n) is 2.19. The van der Waals surface area contributed by atoms with Gasteiger partial charge in [0.05, 0.1) is 0 Å². The maximum atomic E-state index is 12.9. The smallest absolute Gasteiger partial charge is 0.408 e. The van der Waals surface area contributed by atoms with E-state index in [4.69, 9.17) is 14.9 Å². The lowest BCUT2D eigenvalue weighted by atomic mass is 10.2. The van der Waals surface area contributed by atoms with Gasteiger partial charge in [0.1, 0.15) is 5.60 Å². The number of amides is 1. The topological polar surface area (TPSA) is 78.8 Å². The second kappa shape index (κ2) is 3.53. The average Bonchev–Trinajstić information content (AvgIpc) is 2.49. The standard InChI is InChI=1S/C9H15F2NO4/c1-7(2,3)16-6(15)12-8(5(13)14)4-9(8,10)11/h5,13-14H,4H2,1-3H3,(H,12,15). The van der Waals surface area contributed by atoms with Crippen molar-refractivity contribution in [2.75, 3.05) is 0 Å². The van der Waals surface area contributed by atoms with Gasteiger partial charge in [-0.1, -0.05) is 0 Å². The number of ether oxygens (including phenoxy) is 1. The molecule has 1 rings (SSSR count). The van der Waals surface area contributed by atoms with Crippen molar-refractivity contribution in [2.45, 2.75) is 50.5 Å². The lowest BCUT2D eigenvalue weighted by Gasteiger charge is -2.24. The molecule has 3 N–H and O–H groups in total. The van der Waals surface area contributed by atoms with Crippen LogP contribution >= 0.6 is 0 Å². The Morgan fingerprint density at radius 3 is 2.12 bits per heavy atom. The van der Waals surface area contributed by atoms with Crippen LogP contribution in [0.25, 0.3) is 0 Å². The van der Waals surface area contributed by atoms with Crippen molar-refractivity contribution in [1.29, 1.82) is 0 Å². The predicted molar refractivity (Wildman–Crippen MR) is 49.9 cm³/mol. The van der Waals surface area contributed by atoms with Crippen molar-refractivity contribution < 1.29 is 28.5 Å². The third kappa shape index (κ3) is 2.41. The SMILES string of the molecule is CC(C)(C)OC(=O)NC1(C(O)O)CC1(F)F. The fraction of sp³-hybridized carbons (Fsp3) is 0.889. The molecule has 0 spiro atoms. The molecule has 1 atom stereocenters. The molecule has 1 fully saturated rings. The maximum absolute atomic E-state index is 12.9. The minimum Gasteiger partial charge on any atom is -0.444 e. The quantitative estimate of drug-likeness (QED) is 0.616. The van der Waals surface area contributed by atoms with Gasteiger partial charge in [0.15, 0.2) is 11.8 Å². The number of aliphatic hydroxyl groups excluding tert-OH is 1. The summed E-state index contributed by atoms with van der Waals surface area (Å²) < 4.78 is 30.6. The van der Waals surface area contributed by atoms with E-state index < -0.39 is 35.9 Å². The van der Waals surface area contributed by atoms with Crippen molar-refractivity contribution in [2.24, 2.45) is 0 Å². The summed E-state index contributed by atoms with van der Waals surface area (Å²) in [6, 6.07) is 0. The third-order valence-corrected chi connectivity index (χ3v) is 2.19. The van der Waals surface area contributed by atoms with E-state index in [1.165, 1.54) is 0 Å². The number of aliphatic hydroxyl groups is 2. The fourth-order valence-electron chi connectivity index (χ4n) is 1.27. The van der Waals surface area contributed by atoms with Crippen LogP contribution in [0.2, 0.25) is 0 Å². The largest absolute Gasteiger partial charge is 0.444 e. The van der Waals surface area contributed by atoms with Crippen molar-refractivity contribution in [3.8, 4) is 0 Å². The van der Waals surface area contributed by atoms with E-state index in [9.17, 15) is 13.6 Å². The van der Waals surface area contributed by atoms with Crippen molar-refractivity contribution in [3.63, 3.8) is 0 Å². The Balaban J connectivity index is 2.64. The molecule has 0 aromatic heterocycles. The molecule has 0 aromatic rings. The van der Waals surface area contributed by atoms with Gasteiger partial charge in [-0.3, -0.25) is 0 Å². The lowest BCUT2D eigenvalue weighted by Crippen LogP contribution is -2.51. The van der Waals surface area contributed by atoms with Crippen molar-refractivity contribution in [3.05, 3.63) is 0 Å². The highest BCUT2D eigenvalue weighted by Crippen LogP contribution is 2.54. The molecule has 0 heterocycles. The zero-order valence-corrected chi connectivity index (χ0v) is 9.25. The molecule has 0 aromatic carbocycles. The maximum Gasteiger partial charge on any atom is 0.408 e. The van der Waals surface area contributed by atoms with Gasteiger partial charge in [-0.25, -0.2) is 13.6 Å². The number of halogens is 2. The van der Waals surface area contributed by atoms with E-state index in [-0.39, 0.29) is 0 Å². The first-order chi connectivity index (χ1) is 7.00. The average molecular weight is 239 g/mol. The predicted octanol–water partition coefficient (Wildman–Crippen LogP) is 0.600. The molecule has 1 unspecified atom stereocenters. The Morgan fingerprint density at radius 2 is 1.88 bits per heavy atom. The number of nitrogens with one attached hydrogen (secondary N) is 1. The van der Waals surface area contributed by atoms with Crippen LogP contribution in [0.1, 0.15) is 27.2 Å². The molecule has 0 bridgehead atoms. The van der Waals surface area contributed by atoms with Gasteiger partial charge in [0.2, 0.25) is 0 Å². The second-order valence-corrected chi connectivity index (χ2v) is 4.85. The Labute approximate surface area is 91.4 Å². The molecular weight excluding hydrogens is 224 g/mol. The minimum atomic E-state index is -3.32. The molecule has 1 saturated carbocycles. The Hall–Kier alpha value is -0.950. The van der Waals surface area contributed by atoms with Crippen molar-refractivity contribution >= 4 is 6.09 Å². The number of carbonyl (C=O) groups is 1. The summed E-state index contributed by atoms with van der Waals surface area (Å²) in [4.78, 5) is 11.2. The van der Waals surface area contributed by atoms with E-state index in [1.54, 1.807) is 26.1 Å². The van der Waals surface area contributed by atoms with Crippen molar-refractivity contribution in [1.82, 2.24) is 5.32 Å². The molecule has 5 nitrogen and oxygen atoms in total. The minimum absolute atomic E-state index is 0.809. The fourth-order valence-corrected chi connectivity index (χ4v) is 1.27. The zero-order valence-electron chi connectivity index (χ0n) is 9.25. The van der Waals surface area contributed by atoms with Gasteiger partial charge in [-0.05, 0) is 20.8 Å². The molecule has 94 valence electrons. The molecular formula is C9H15F2NO4. The monoisotopic (exact) mass is 239 g/mol. The summed E-state index contributed by atoms with van der Waals surface area (Å²) >= 11 is 0. The highest BCUT2D eigenvalue weighted by molar-refractivity contribution is 5.70. The molecule has 1 aliphatic rings. The highest BCUT2D eigenvalue weighted by Gasteiger charge is 2.76. The lowest BCUT2D eigenvalue weighted by molar-refractivity contribution is -0.106. The van der Waals surface area contributed by atoms with E-state index in [1.807, 2.05) is 0 Å². The van der Waals surface area contributed by atoms with Crippen LogP contribution < -0.4 is 5.32 Å². The summed E-state index contributed by atoms with van der Waals surface area (Å²) in [5.74, 6) is -3.32. The normalized spacial score (nSPS) is 27.8. The van der Waals surface area contributed by atoms with Crippen LogP contribution in [-0.4, -0.2) is 39.7 Å². The number of alkyl halides is 2. The van der Waals surface area contributed by atoms with E-state index >= 15 is 0 Å². The number of rotatable bonds is 2. The second-order valence-electron chi connectivity index (χ2n) is 4.85. The molecule has 7 heteroatoms. The zero-order chi connectivity index (χ0) is 12.8. The van der Waals surface area contributed by atoms with Gasteiger partial charge >= 0.3 is 6.09 Å².